The SMILES string of the molecule is CN1CCN(Cc2cccc(C(=O)NCCC3CCNC3)c2)CC1.Cl.Cl. The maximum atomic E-state index is 12.4. The van der Waals surface area contributed by atoms with Crippen LogP contribution >= 0.6 is 24.8 Å². The molecule has 0 spiro atoms. The molecule has 2 fully saturated rings. The van der Waals surface area contributed by atoms with Crippen molar-refractivity contribution < 1.29 is 4.79 Å². The highest BCUT2D eigenvalue weighted by Gasteiger charge is 2.16. The summed E-state index contributed by atoms with van der Waals surface area (Å²) in [5.74, 6) is 0.773. The van der Waals surface area contributed by atoms with Crippen molar-refractivity contribution in [2.75, 3.05) is 52.9 Å². The molecule has 3 rings (SSSR count). The van der Waals surface area contributed by atoms with Gasteiger partial charge in [-0.2, -0.15) is 0 Å². The van der Waals surface area contributed by atoms with Crippen LogP contribution in [0.25, 0.3) is 0 Å². The van der Waals surface area contributed by atoms with Gasteiger partial charge in [0.1, 0.15) is 0 Å². The molecule has 5 nitrogen and oxygen atoms in total. The van der Waals surface area contributed by atoms with E-state index >= 15 is 0 Å². The van der Waals surface area contributed by atoms with Crippen LogP contribution in [0, 0.1) is 5.92 Å². The van der Waals surface area contributed by atoms with Crippen molar-refractivity contribution in [3.8, 4) is 0 Å². The van der Waals surface area contributed by atoms with E-state index in [4.69, 9.17) is 0 Å². The molecule has 2 heterocycles. The van der Waals surface area contributed by atoms with Gasteiger partial charge in [-0.1, -0.05) is 12.1 Å². The Morgan fingerprint density at radius 1 is 1.23 bits per heavy atom. The summed E-state index contributed by atoms with van der Waals surface area (Å²) >= 11 is 0. The molecule has 2 N–H and O–H groups in total. The number of nitrogens with zero attached hydrogens (tertiary/aromatic N) is 2. The normalized spacial score (nSPS) is 20.9. The number of halogens is 2. The fraction of sp³-hybridized carbons (Fsp3) is 0.632. The van der Waals surface area contributed by atoms with Gasteiger partial charge in [0.15, 0.2) is 0 Å². The first-order valence-corrected chi connectivity index (χ1v) is 9.19. The van der Waals surface area contributed by atoms with Gasteiger partial charge in [-0.25, -0.2) is 0 Å². The first-order chi connectivity index (χ1) is 11.7. The van der Waals surface area contributed by atoms with Crippen LogP contribution in [-0.2, 0) is 6.54 Å². The van der Waals surface area contributed by atoms with E-state index in [1.165, 1.54) is 12.0 Å². The number of nitrogens with one attached hydrogen (secondary N) is 2. The van der Waals surface area contributed by atoms with Crippen molar-refractivity contribution in [2.24, 2.45) is 5.92 Å². The summed E-state index contributed by atoms with van der Waals surface area (Å²) < 4.78 is 0. The monoisotopic (exact) mass is 402 g/mol. The van der Waals surface area contributed by atoms with Crippen molar-refractivity contribution in [3.05, 3.63) is 35.4 Å². The predicted octanol–water partition coefficient (Wildman–Crippen LogP) is 2.01. The Morgan fingerprint density at radius 3 is 2.69 bits per heavy atom. The highest BCUT2D eigenvalue weighted by Crippen LogP contribution is 2.12. The van der Waals surface area contributed by atoms with Crippen molar-refractivity contribution in [2.45, 2.75) is 19.4 Å². The van der Waals surface area contributed by atoms with Crippen molar-refractivity contribution in [1.29, 1.82) is 0 Å². The Bertz CT molecular complexity index is 544. The number of carbonyl (C=O) groups excluding carboxylic acids is 1. The molecule has 0 bridgehead atoms. The average Bonchev–Trinajstić information content (AvgIpc) is 3.10. The van der Waals surface area contributed by atoms with Gasteiger partial charge in [0.2, 0.25) is 0 Å². The largest absolute Gasteiger partial charge is 0.352 e. The van der Waals surface area contributed by atoms with E-state index in [1.807, 2.05) is 18.2 Å². The molecule has 2 aliphatic rings. The fourth-order valence-electron chi connectivity index (χ4n) is 3.53. The van der Waals surface area contributed by atoms with Gasteiger partial charge in [0.05, 0.1) is 0 Å². The highest BCUT2D eigenvalue weighted by atomic mass is 35.5. The highest BCUT2D eigenvalue weighted by molar-refractivity contribution is 5.94. The molecule has 0 aromatic heterocycles. The topological polar surface area (TPSA) is 47.6 Å². The Labute approximate surface area is 169 Å². The molecule has 0 saturated carbocycles. The lowest BCUT2D eigenvalue weighted by Gasteiger charge is -2.32. The van der Waals surface area contributed by atoms with Gasteiger partial charge in [0.25, 0.3) is 5.91 Å². The molecular weight excluding hydrogens is 371 g/mol. The third-order valence-corrected chi connectivity index (χ3v) is 5.19. The zero-order valence-electron chi connectivity index (χ0n) is 15.6. The van der Waals surface area contributed by atoms with Crippen LogP contribution in [0.5, 0.6) is 0 Å². The van der Waals surface area contributed by atoms with Gasteiger partial charge in [-0.3, -0.25) is 9.69 Å². The Balaban J connectivity index is 0.00000169. The third kappa shape index (κ3) is 7.05. The smallest absolute Gasteiger partial charge is 0.251 e. The molecule has 1 aromatic carbocycles. The van der Waals surface area contributed by atoms with Gasteiger partial charge < -0.3 is 15.5 Å². The number of likely N-dealkylation sites (N-methyl/N-ethyl adjacent to an activating group) is 1. The van der Waals surface area contributed by atoms with Gasteiger partial charge >= 0.3 is 0 Å². The Morgan fingerprint density at radius 2 is 2.00 bits per heavy atom. The summed E-state index contributed by atoms with van der Waals surface area (Å²) in [5, 5.41) is 6.45. The number of rotatable bonds is 6. The van der Waals surface area contributed by atoms with Crippen LogP contribution < -0.4 is 10.6 Å². The second-order valence-electron chi connectivity index (χ2n) is 7.18. The second-order valence-corrected chi connectivity index (χ2v) is 7.18. The van der Waals surface area contributed by atoms with Crippen molar-refractivity contribution in [1.82, 2.24) is 20.4 Å². The van der Waals surface area contributed by atoms with E-state index in [0.29, 0.717) is 5.92 Å². The van der Waals surface area contributed by atoms with Crippen LogP contribution in [0.15, 0.2) is 24.3 Å². The van der Waals surface area contributed by atoms with E-state index < -0.39 is 0 Å². The molecule has 26 heavy (non-hydrogen) atoms. The lowest BCUT2D eigenvalue weighted by Crippen LogP contribution is -2.43. The molecule has 1 unspecified atom stereocenters. The average molecular weight is 403 g/mol. The number of hydrogen-bond donors (Lipinski definition) is 2. The van der Waals surface area contributed by atoms with Crippen LogP contribution in [0.4, 0.5) is 0 Å². The maximum absolute atomic E-state index is 12.4. The maximum Gasteiger partial charge on any atom is 0.251 e. The van der Waals surface area contributed by atoms with E-state index in [2.05, 4.69) is 33.5 Å². The minimum atomic E-state index is 0. The van der Waals surface area contributed by atoms with E-state index in [9.17, 15) is 4.79 Å². The minimum Gasteiger partial charge on any atom is -0.352 e. The second kappa shape index (κ2) is 11.8. The van der Waals surface area contributed by atoms with Crippen LogP contribution in [0.2, 0.25) is 0 Å². The number of piperazine rings is 1. The van der Waals surface area contributed by atoms with Gasteiger partial charge in [0, 0.05) is 44.8 Å². The molecule has 7 heteroatoms. The first-order valence-electron chi connectivity index (χ1n) is 9.19. The fourth-order valence-corrected chi connectivity index (χ4v) is 3.53. The molecule has 0 radical (unpaired) electrons. The van der Waals surface area contributed by atoms with E-state index in [1.54, 1.807) is 0 Å². The number of amides is 1. The molecule has 2 saturated heterocycles. The quantitative estimate of drug-likeness (QED) is 0.763. The molecule has 1 amide bonds. The molecule has 148 valence electrons. The molecule has 2 aliphatic heterocycles. The summed E-state index contributed by atoms with van der Waals surface area (Å²) in [4.78, 5) is 17.2. The van der Waals surface area contributed by atoms with E-state index in [0.717, 1.165) is 64.3 Å². The number of hydrogen-bond acceptors (Lipinski definition) is 4. The molecule has 0 aliphatic carbocycles. The Hall–Kier alpha value is -0.850. The predicted molar refractivity (Wildman–Crippen MR) is 112 cm³/mol. The third-order valence-electron chi connectivity index (χ3n) is 5.19. The zero-order valence-corrected chi connectivity index (χ0v) is 17.2. The van der Waals surface area contributed by atoms with Crippen LogP contribution in [0.3, 0.4) is 0 Å². The lowest BCUT2D eigenvalue weighted by molar-refractivity contribution is 0.0951. The molecule has 1 atom stereocenters. The van der Waals surface area contributed by atoms with Crippen molar-refractivity contribution >= 4 is 30.7 Å². The summed E-state index contributed by atoms with van der Waals surface area (Å²) in [7, 11) is 2.17. The van der Waals surface area contributed by atoms with Gasteiger partial charge in [-0.15, -0.1) is 24.8 Å². The zero-order chi connectivity index (χ0) is 16.8. The Kier molecular flexibility index (Phi) is 10.5. The standard InChI is InChI=1S/C19H30N4O.2ClH/c1-22-9-11-23(12-10-22)15-17-3-2-4-18(13-17)19(24)21-8-6-16-5-7-20-14-16;;/h2-4,13,16,20H,5-12,14-15H2,1H3,(H,21,24);2*1H. The van der Waals surface area contributed by atoms with Crippen LogP contribution in [-0.4, -0.2) is 68.6 Å². The number of benzene rings is 1. The van der Waals surface area contributed by atoms with Crippen molar-refractivity contribution in [3.63, 3.8) is 0 Å². The first kappa shape index (κ1) is 23.2. The molecule has 1 aromatic rings. The minimum absolute atomic E-state index is 0. The summed E-state index contributed by atoms with van der Waals surface area (Å²) in [6.45, 7) is 8.36. The molecular formula is C19H32Cl2N4O. The lowest BCUT2D eigenvalue weighted by atomic mass is 10.0. The van der Waals surface area contributed by atoms with E-state index in [-0.39, 0.29) is 30.7 Å². The van der Waals surface area contributed by atoms with Crippen LogP contribution in [0.1, 0.15) is 28.8 Å². The summed E-state index contributed by atoms with van der Waals surface area (Å²) in [5.41, 5.74) is 2.01. The summed E-state index contributed by atoms with van der Waals surface area (Å²) in [6.07, 6.45) is 2.30. The van der Waals surface area contributed by atoms with Gasteiger partial charge in [-0.05, 0) is 56.6 Å². The summed E-state index contributed by atoms with van der Waals surface area (Å²) in [6, 6.07) is 8.09. The number of carbonyl (C=O) groups is 1.